The van der Waals surface area contributed by atoms with Crippen molar-refractivity contribution in [2.45, 2.75) is 26.1 Å². The van der Waals surface area contributed by atoms with Gasteiger partial charge in [0.2, 0.25) is 5.91 Å². The largest absolute Gasteiger partial charge is 0.354 e. The highest BCUT2D eigenvalue weighted by atomic mass is 19.1. The van der Waals surface area contributed by atoms with E-state index in [9.17, 15) is 23.6 Å². The molecule has 0 bridgehead atoms. The first-order chi connectivity index (χ1) is 13.4. The Morgan fingerprint density at radius 3 is 2.04 bits per heavy atom. The van der Waals surface area contributed by atoms with Crippen LogP contribution < -0.4 is 22.4 Å². The fourth-order valence-electron chi connectivity index (χ4n) is 2.63. The predicted octanol–water partition coefficient (Wildman–Crippen LogP) is 0.0417. The number of nitrogens with one attached hydrogen (secondary N) is 1. The van der Waals surface area contributed by atoms with Gasteiger partial charge >= 0.3 is 17.1 Å². The Hall–Kier alpha value is -3.49. The summed E-state index contributed by atoms with van der Waals surface area (Å²) < 4.78 is 15.9. The fourth-order valence-corrected chi connectivity index (χ4v) is 2.63. The van der Waals surface area contributed by atoms with Crippen LogP contribution in [0.4, 0.5) is 4.39 Å². The Bertz CT molecular complexity index is 1020. The zero-order valence-electron chi connectivity index (χ0n) is 15.3. The molecule has 0 aliphatic carbocycles. The molecule has 0 fully saturated rings. The lowest BCUT2D eigenvalue weighted by molar-refractivity contribution is -0.121. The van der Waals surface area contributed by atoms with E-state index in [1.807, 2.05) is 0 Å². The van der Waals surface area contributed by atoms with Gasteiger partial charge in [-0.15, -0.1) is 13.2 Å². The average molecular weight is 388 g/mol. The third-order valence-corrected chi connectivity index (χ3v) is 3.98. The number of hydrogen-bond donors (Lipinski definition) is 1. The second-order valence-electron chi connectivity index (χ2n) is 5.92. The van der Waals surface area contributed by atoms with Crippen molar-refractivity contribution in [2.75, 3.05) is 6.54 Å². The maximum atomic E-state index is 13.6. The van der Waals surface area contributed by atoms with E-state index < -0.39 is 29.5 Å². The number of benzene rings is 1. The van der Waals surface area contributed by atoms with Crippen LogP contribution in [-0.2, 0) is 30.8 Å². The number of aromatic nitrogens is 3. The van der Waals surface area contributed by atoms with Gasteiger partial charge in [-0.05, 0) is 18.1 Å². The first kappa shape index (κ1) is 20.8. The van der Waals surface area contributed by atoms with Crippen LogP contribution in [0.5, 0.6) is 0 Å². The quantitative estimate of drug-likeness (QED) is 0.614. The van der Waals surface area contributed by atoms with E-state index in [0.29, 0.717) is 10.1 Å². The number of amides is 1. The highest BCUT2D eigenvalue weighted by molar-refractivity contribution is 5.75. The highest BCUT2D eigenvalue weighted by Gasteiger charge is 2.16. The van der Waals surface area contributed by atoms with Gasteiger partial charge in [-0.1, -0.05) is 30.4 Å². The van der Waals surface area contributed by atoms with E-state index in [4.69, 9.17) is 0 Å². The molecule has 0 unspecified atom stereocenters. The van der Waals surface area contributed by atoms with Gasteiger partial charge < -0.3 is 5.32 Å². The Morgan fingerprint density at radius 2 is 1.50 bits per heavy atom. The zero-order chi connectivity index (χ0) is 20.7. The molecular formula is C19H21FN4O4. The van der Waals surface area contributed by atoms with Crippen LogP contribution in [0.2, 0.25) is 0 Å². The van der Waals surface area contributed by atoms with E-state index in [0.717, 1.165) is 9.13 Å². The van der Waals surface area contributed by atoms with Crippen LogP contribution in [0.1, 0.15) is 5.56 Å². The van der Waals surface area contributed by atoms with Crippen molar-refractivity contribution in [1.29, 1.82) is 0 Å². The number of allylic oxidation sites excluding steroid dienone is 2. The first-order valence-electron chi connectivity index (χ1n) is 8.57. The third kappa shape index (κ3) is 4.61. The molecule has 28 heavy (non-hydrogen) atoms. The minimum atomic E-state index is -0.903. The highest BCUT2D eigenvalue weighted by Crippen LogP contribution is 2.05. The number of halogens is 1. The summed E-state index contributed by atoms with van der Waals surface area (Å²) in [7, 11) is 0. The minimum absolute atomic E-state index is 0.107. The number of carbonyl (C=O) groups is 1. The molecule has 2 aromatic rings. The molecule has 1 aromatic carbocycles. The van der Waals surface area contributed by atoms with Gasteiger partial charge in [0.15, 0.2) is 0 Å². The maximum absolute atomic E-state index is 13.6. The minimum Gasteiger partial charge on any atom is -0.354 e. The molecule has 0 saturated heterocycles. The summed E-state index contributed by atoms with van der Waals surface area (Å²) in [5, 5.41) is 2.54. The topological polar surface area (TPSA) is 95.1 Å². The summed E-state index contributed by atoms with van der Waals surface area (Å²) in [6.45, 7) is 6.30. The molecule has 9 heteroatoms. The van der Waals surface area contributed by atoms with E-state index in [1.54, 1.807) is 18.2 Å². The predicted molar refractivity (Wildman–Crippen MR) is 103 cm³/mol. The van der Waals surface area contributed by atoms with Gasteiger partial charge in [0.25, 0.3) is 0 Å². The molecule has 1 heterocycles. The summed E-state index contributed by atoms with van der Waals surface area (Å²) in [6.07, 6.45) is 2.93. The van der Waals surface area contributed by atoms with Crippen molar-refractivity contribution in [1.82, 2.24) is 19.0 Å². The molecule has 148 valence electrons. The number of hydrogen-bond acceptors (Lipinski definition) is 4. The van der Waals surface area contributed by atoms with Gasteiger partial charge in [0.1, 0.15) is 12.4 Å². The summed E-state index contributed by atoms with van der Waals surface area (Å²) >= 11 is 0. The maximum Gasteiger partial charge on any atom is 0.337 e. The Balaban J connectivity index is 2.21. The van der Waals surface area contributed by atoms with Crippen LogP contribution in [-0.4, -0.2) is 26.2 Å². The molecule has 1 amide bonds. The molecule has 0 atom stereocenters. The van der Waals surface area contributed by atoms with Crippen LogP contribution in [0.15, 0.2) is 64.0 Å². The third-order valence-electron chi connectivity index (χ3n) is 3.98. The Kier molecular flexibility index (Phi) is 7.02. The van der Waals surface area contributed by atoms with Crippen molar-refractivity contribution in [3.05, 3.63) is 92.4 Å². The second-order valence-corrected chi connectivity index (χ2v) is 5.92. The fraction of sp³-hybridized carbons (Fsp3) is 0.263. The molecule has 0 saturated carbocycles. The van der Waals surface area contributed by atoms with Crippen molar-refractivity contribution < 1.29 is 9.18 Å². The van der Waals surface area contributed by atoms with Crippen LogP contribution in [0, 0.1) is 5.82 Å². The molecule has 8 nitrogen and oxygen atoms in total. The SMILES string of the molecule is C=CCn1c(=O)n(CC=C)c(=O)n(CC(=O)NCCc2ccccc2F)c1=O. The normalized spacial score (nSPS) is 10.5. The monoisotopic (exact) mass is 388 g/mol. The van der Waals surface area contributed by atoms with Crippen LogP contribution >= 0.6 is 0 Å². The molecule has 0 radical (unpaired) electrons. The summed E-state index contributed by atoms with van der Waals surface area (Å²) in [5.41, 5.74) is -2.17. The molecule has 0 aliphatic rings. The van der Waals surface area contributed by atoms with Crippen LogP contribution in [0.3, 0.4) is 0 Å². The molecule has 0 aliphatic heterocycles. The summed E-state index contributed by atoms with van der Waals surface area (Å²) in [6, 6.07) is 6.17. The van der Waals surface area contributed by atoms with Gasteiger partial charge in [-0.3, -0.25) is 4.79 Å². The van der Waals surface area contributed by atoms with Gasteiger partial charge in [-0.2, -0.15) is 0 Å². The molecule has 2 rings (SSSR count). The van der Waals surface area contributed by atoms with Gasteiger partial charge in [-0.25, -0.2) is 32.5 Å². The zero-order valence-corrected chi connectivity index (χ0v) is 15.3. The van der Waals surface area contributed by atoms with Crippen LogP contribution in [0.25, 0.3) is 0 Å². The van der Waals surface area contributed by atoms with Gasteiger partial charge in [0, 0.05) is 6.54 Å². The Labute approximate surface area is 159 Å². The second kappa shape index (κ2) is 9.45. The number of rotatable bonds is 9. The smallest absolute Gasteiger partial charge is 0.337 e. The lowest BCUT2D eigenvalue weighted by Crippen LogP contribution is -2.55. The lowest BCUT2D eigenvalue weighted by atomic mass is 10.1. The Morgan fingerprint density at radius 1 is 0.964 bits per heavy atom. The number of nitrogens with zero attached hydrogens (tertiary/aromatic N) is 3. The van der Waals surface area contributed by atoms with Gasteiger partial charge in [0.05, 0.1) is 13.1 Å². The van der Waals surface area contributed by atoms with Crippen molar-refractivity contribution in [3.63, 3.8) is 0 Å². The molecule has 1 aromatic heterocycles. The van der Waals surface area contributed by atoms with Crippen molar-refractivity contribution >= 4 is 5.91 Å². The molecule has 1 N–H and O–H groups in total. The standard InChI is InChI=1S/C19H21FN4O4/c1-3-11-22-17(26)23(12-4-2)19(28)24(18(22)27)13-16(25)21-10-9-14-7-5-6-8-15(14)20/h3-8H,1-2,9-13H2,(H,21,25). The number of carbonyl (C=O) groups excluding carboxylic acids is 1. The summed E-state index contributed by atoms with van der Waals surface area (Å²) in [4.78, 5) is 49.3. The molecular weight excluding hydrogens is 367 g/mol. The summed E-state index contributed by atoms with van der Waals surface area (Å²) in [5.74, 6) is -0.985. The lowest BCUT2D eigenvalue weighted by Gasteiger charge is -2.12. The van der Waals surface area contributed by atoms with E-state index in [2.05, 4.69) is 18.5 Å². The molecule has 0 spiro atoms. The average Bonchev–Trinajstić information content (AvgIpc) is 2.67. The van der Waals surface area contributed by atoms with E-state index >= 15 is 0 Å². The van der Waals surface area contributed by atoms with Crippen molar-refractivity contribution in [3.8, 4) is 0 Å². The van der Waals surface area contributed by atoms with E-state index in [1.165, 1.54) is 18.2 Å². The van der Waals surface area contributed by atoms with Crippen molar-refractivity contribution in [2.24, 2.45) is 0 Å². The first-order valence-corrected chi connectivity index (χ1v) is 8.57. The van der Waals surface area contributed by atoms with E-state index in [-0.39, 0.29) is 31.9 Å².